The zero-order valence-corrected chi connectivity index (χ0v) is 18.8. The monoisotopic (exact) mass is 476 g/mol. The molecule has 1 aromatic carbocycles. The lowest BCUT2D eigenvalue weighted by Crippen LogP contribution is -2.45. The maximum Gasteiger partial charge on any atom is 0.416 e. The lowest BCUT2D eigenvalue weighted by Gasteiger charge is -2.38. The Morgan fingerprint density at radius 3 is 2.73 bits per heavy atom. The van der Waals surface area contributed by atoms with E-state index in [1.807, 2.05) is 6.92 Å². The fourth-order valence-electron chi connectivity index (χ4n) is 4.08. The number of hydrogen-bond donors (Lipinski definition) is 2. The van der Waals surface area contributed by atoms with E-state index in [0.717, 1.165) is 23.1 Å². The molecule has 1 amide bonds. The van der Waals surface area contributed by atoms with Crippen LogP contribution in [-0.4, -0.2) is 45.5 Å². The van der Waals surface area contributed by atoms with Crippen LogP contribution in [0.2, 0.25) is 0 Å². The van der Waals surface area contributed by atoms with Crippen LogP contribution in [0, 0.1) is 6.92 Å². The number of aromatic nitrogens is 2. The minimum absolute atomic E-state index is 0.149. The highest BCUT2D eigenvalue weighted by molar-refractivity contribution is 7.20. The highest BCUT2D eigenvalue weighted by atomic mass is 32.1. The number of carbonyl (C=O) groups is 1. The third kappa shape index (κ3) is 4.45. The molecule has 1 fully saturated rings. The summed E-state index contributed by atoms with van der Waals surface area (Å²) in [4.78, 5) is 24.7. The van der Waals surface area contributed by atoms with Gasteiger partial charge in [-0.25, -0.2) is 9.97 Å². The van der Waals surface area contributed by atoms with Crippen LogP contribution in [0.1, 0.15) is 39.2 Å². The number of nitrogens with one attached hydrogen (secondary N) is 1. The zero-order chi connectivity index (χ0) is 23.8. The molecule has 0 atom stereocenters. The minimum Gasteiger partial charge on any atom is -0.385 e. The van der Waals surface area contributed by atoms with Crippen LogP contribution in [-0.2, 0) is 11.8 Å². The van der Waals surface area contributed by atoms with Gasteiger partial charge in [0.2, 0.25) is 0 Å². The van der Waals surface area contributed by atoms with Crippen molar-refractivity contribution >= 4 is 33.3 Å². The molecule has 1 aliphatic rings. The summed E-state index contributed by atoms with van der Waals surface area (Å²) in [6.45, 7) is 6.50. The first-order valence-corrected chi connectivity index (χ1v) is 11.2. The summed E-state index contributed by atoms with van der Waals surface area (Å²) >= 11 is 1.28. The summed E-state index contributed by atoms with van der Waals surface area (Å²) in [7, 11) is 0. The number of aliphatic hydroxyl groups is 1. The number of aryl methyl sites for hydroxylation is 1. The topological polar surface area (TPSA) is 78.4 Å². The van der Waals surface area contributed by atoms with Gasteiger partial charge in [0.25, 0.3) is 5.91 Å². The van der Waals surface area contributed by atoms with Gasteiger partial charge in [-0.05, 0) is 43.0 Å². The van der Waals surface area contributed by atoms with E-state index >= 15 is 0 Å². The van der Waals surface area contributed by atoms with Crippen molar-refractivity contribution in [3.63, 3.8) is 0 Å². The Labute approximate surface area is 192 Å². The zero-order valence-electron chi connectivity index (χ0n) is 17.9. The van der Waals surface area contributed by atoms with E-state index in [9.17, 15) is 23.1 Å². The van der Waals surface area contributed by atoms with Gasteiger partial charge in [-0.2, -0.15) is 13.2 Å². The molecule has 0 radical (unpaired) electrons. The predicted octanol–water partition coefficient (Wildman–Crippen LogP) is 4.74. The van der Waals surface area contributed by atoms with E-state index < -0.39 is 17.3 Å². The van der Waals surface area contributed by atoms with Crippen molar-refractivity contribution in [3.05, 3.63) is 64.8 Å². The highest BCUT2D eigenvalue weighted by Gasteiger charge is 2.38. The second-order valence-corrected chi connectivity index (χ2v) is 9.03. The molecule has 0 saturated carbocycles. The molecule has 1 saturated heterocycles. The Morgan fingerprint density at radius 2 is 2.06 bits per heavy atom. The molecule has 0 bridgehead atoms. The molecule has 6 nitrogen and oxygen atoms in total. The average molecular weight is 477 g/mol. The number of anilines is 1. The fourth-order valence-corrected chi connectivity index (χ4v) is 5.19. The third-order valence-electron chi connectivity index (χ3n) is 5.94. The SMILES string of the molecule is C=CCNc1ncnc2sc(C(=O)N3CCC(O)(c4cccc(C(F)(F)F)c4)CC3)c(C)c12. The first kappa shape index (κ1) is 23.2. The highest BCUT2D eigenvalue weighted by Crippen LogP contribution is 2.38. The number of amides is 1. The standard InChI is InChI=1S/C23H23F3N4O2S/c1-3-9-27-19-17-14(2)18(33-20(17)29-13-28-19)21(31)30-10-7-22(32,8-11-30)15-5-4-6-16(12-15)23(24,25)26/h3-6,12-13,32H,1,7-11H2,2H3,(H,27,28,29). The van der Waals surface area contributed by atoms with Crippen molar-refractivity contribution in [3.8, 4) is 0 Å². The van der Waals surface area contributed by atoms with Gasteiger partial charge in [-0.15, -0.1) is 17.9 Å². The van der Waals surface area contributed by atoms with Crippen molar-refractivity contribution < 1.29 is 23.1 Å². The Balaban J connectivity index is 1.54. The Hall–Kier alpha value is -2.98. The van der Waals surface area contributed by atoms with Crippen molar-refractivity contribution in [1.82, 2.24) is 14.9 Å². The molecule has 0 aliphatic carbocycles. The maximum atomic E-state index is 13.3. The van der Waals surface area contributed by atoms with Crippen molar-refractivity contribution in [2.45, 2.75) is 31.5 Å². The molecule has 10 heteroatoms. The minimum atomic E-state index is -4.48. The van der Waals surface area contributed by atoms with E-state index in [1.165, 1.54) is 29.8 Å². The number of alkyl halides is 3. The van der Waals surface area contributed by atoms with Gasteiger partial charge in [-0.3, -0.25) is 4.79 Å². The number of thiophene rings is 1. The van der Waals surface area contributed by atoms with Gasteiger partial charge in [0.1, 0.15) is 17.0 Å². The van der Waals surface area contributed by atoms with Crippen molar-refractivity contribution in [2.24, 2.45) is 0 Å². The van der Waals surface area contributed by atoms with Crippen LogP contribution in [0.4, 0.5) is 19.0 Å². The Morgan fingerprint density at radius 1 is 1.33 bits per heavy atom. The van der Waals surface area contributed by atoms with Crippen LogP contribution >= 0.6 is 11.3 Å². The number of rotatable bonds is 5. The summed E-state index contributed by atoms with van der Waals surface area (Å²) in [5.74, 6) is 0.446. The van der Waals surface area contributed by atoms with Crippen LogP contribution in [0.3, 0.4) is 0 Å². The van der Waals surface area contributed by atoms with Crippen molar-refractivity contribution in [2.75, 3.05) is 25.0 Å². The van der Waals surface area contributed by atoms with Gasteiger partial charge in [0.05, 0.1) is 21.4 Å². The molecule has 0 unspecified atom stereocenters. The van der Waals surface area contributed by atoms with Crippen LogP contribution in [0.15, 0.2) is 43.2 Å². The van der Waals surface area contributed by atoms with Gasteiger partial charge in [0.15, 0.2) is 0 Å². The number of piperidine rings is 1. The largest absolute Gasteiger partial charge is 0.416 e. The lowest BCUT2D eigenvalue weighted by atomic mass is 9.83. The molecular weight excluding hydrogens is 453 g/mol. The molecule has 3 aromatic rings. The lowest BCUT2D eigenvalue weighted by molar-refractivity contribution is -0.137. The molecule has 4 rings (SSSR count). The van der Waals surface area contributed by atoms with Crippen LogP contribution in [0.5, 0.6) is 0 Å². The van der Waals surface area contributed by atoms with Gasteiger partial charge < -0.3 is 15.3 Å². The van der Waals surface area contributed by atoms with Gasteiger partial charge >= 0.3 is 6.18 Å². The smallest absolute Gasteiger partial charge is 0.385 e. The number of halogens is 3. The Bertz CT molecular complexity index is 1200. The molecule has 174 valence electrons. The summed E-state index contributed by atoms with van der Waals surface area (Å²) < 4.78 is 39.3. The van der Waals surface area contributed by atoms with Crippen LogP contribution in [0.25, 0.3) is 10.2 Å². The normalized spacial score (nSPS) is 16.1. The molecule has 1 aliphatic heterocycles. The van der Waals surface area contributed by atoms with Gasteiger partial charge in [-0.1, -0.05) is 18.2 Å². The molecule has 3 heterocycles. The number of hydrogen-bond acceptors (Lipinski definition) is 6. The van der Waals surface area contributed by atoms with E-state index in [-0.39, 0.29) is 37.4 Å². The van der Waals surface area contributed by atoms with Crippen LogP contribution < -0.4 is 5.32 Å². The predicted molar refractivity (Wildman–Crippen MR) is 121 cm³/mol. The first-order chi connectivity index (χ1) is 15.6. The second kappa shape index (κ2) is 8.75. The van der Waals surface area contributed by atoms with Crippen molar-refractivity contribution in [1.29, 1.82) is 0 Å². The number of likely N-dealkylation sites (tertiary alicyclic amines) is 1. The summed E-state index contributed by atoms with van der Waals surface area (Å²) in [6, 6.07) is 4.77. The number of fused-ring (bicyclic) bond motifs is 1. The Kier molecular flexibility index (Phi) is 6.15. The quantitative estimate of drug-likeness (QED) is 0.520. The average Bonchev–Trinajstić information content (AvgIpc) is 3.14. The van der Waals surface area contributed by atoms with E-state index in [1.54, 1.807) is 11.0 Å². The number of nitrogens with zero attached hydrogens (tertiary/aromatic N) is 3. The summed E-state index contributed by atoms with van der Waals surface area (Å²) in [5.41, 5.74) is -1.23. The van der Waals surface area contributed by atoms with E-state index in [0.29, 0.717) is 22.1 Å². The number of benzene rings is 1. The molecule has 2 N–H and O–H groups in total. The number of carbonyl (C=O) groups excluding carboxylic acids is 1. The second-order valence-electron chi connectivity index (χ2n) is 8.03. The van der Waals surface area contributed by atoms with Gasteiger partial charge in [0, 0.05) is 19.6 Å². The fraction of sp³-hybridized carbons (Fsp3) is 0.348. The van der Waals surface area contributed by atoms with E-state index in [2.05, 4.69) is 21.9 Å². The third-order valence-corrected chi connectivity index (χ3v) is 7.13. The molecule has 0 spiro atoms. The molecular formula is C23H23F3N4O2S. The maximum absolute atomic E-state index is 13.3. The van der Waals surface area contributed by atoms with E-state index in [4.69, 9.17) is 0 Å². The molecule has 2 aromatic heterocycles. The summed E-state index contributed by atoms with van der Waals surface area (Å²) in [5, 5.41) is 15.0. The first-order valence-electron chi connectivity index (χ1n) is 10.4. The summed E-state index contributed by atoms with van der Waals surface area (Å²) in [6.07, 6.45) is -1.04. The molecule has 33 heavy (non-hydrogen) atoms.